The highest BCUT2D eigenvalue weighted by Gasteiger charge is 2.16. The van der Waals surface area contributed by atoms with E-state index in [1.54, 1.807) is 31.5 Å². The maximum Gasteiger partial charge on any atom is 0.269 e. The maximum atomic E-state index is 12.1. The van der Waals surface area contributed by atoms with Gasteiger partial charge in [0.15, 0.2) is 0 Å². The van der Waals surface area contributed by atoms with Crippen molar-refractivity contribution >= 4 is 5.91 Å². The Morgan fingerprint density at radius 1 is 1.27 bits per heavy atom. The van der Waals surface area contributed by atoms with E-state index in [1.165, 1.54) is 0 Å². The normalized spacial score (nSPS) is 12.0. The lowest BCUT2D eigenvalue weighted by Gasteiger charge is -2.25. The van der Waals surface area contributed by atoms with Crippen LogP contribution < -0.4 is 10.1 Å². The van der Waals surface area contributed by atoms with Crippen molar-refractivity contribution in [2.24, 2.45) is 0 Å². The first-order valence-electron chi connectivity index (χ1n) is 7.11. The number of nitrogens with zero attached hydrogens (tertiary/aromatic N) is 2. The minimum Gasteiger partial charge on any atom is -0.497 e. The van der Waals surface area contributed by atoms with Crippen molar-refractivity contribution in [1.29, 1.82) is 0 Å². The number of likely N-dealkylation sites (N-methyl/N-ethyl adjacent to an activating group) is 1. The molecule has 2 rings (SSSR count). The van der Waals surface area contributed by atoms with Gasteiger partial charge in [0.25, 0.3) is 5.91 Å². The first kappa shape index (κ1) is 16.0. The van der Waals surface area contributed by atoms with Gasteiger partial charge < -0.3 is 15.0 Å². The lowest BCUT2D eigenvalue weighted by atomic mass is 10.1. The number of nitrogens with one attached hydrogen (secondary N) is 1. The van der Waals surface area contributed by atoms with E-state index in [0.717, 1.165) is 11.3 Å². The Morgan fingerprint density at radius 2 is 2.09 bits per heavy atom. The van der Waals surface area contributed by atoms with Gasteiger partial charge in [0.1, 0.15) is 11.4 Å². The lowest BCUT2D eigenvalue weighted by Crippen LogP contribution is -2.34. The molecule has 0 saturated heterocycles. The van der Waals surface area contributed by atoms with Crippen LogP contribution in [0.4, 0.5) is 0 Å². The maximum absolute atomic E-state index is 12.1. The number of pyridine rings is 1. The first-order chi connectivity index (χ1) is 10.6. The van der Waals surface area contributed by atoms with Crippen LogP contribution in [-0.4, -0.2) is 43.5 Å². The summed E-state index contributed by atoms with van der Waals surface area (Å²) in [5, 5.41) is 2.93. The van der Waals surface area contributed by atoms with Crippen LogP contribution in [0.2, 0.25) is 0 Å². The molecule has 0 fully saturated rings. The number of carbonyl (C=O) groups excluding carboxylic acids is 1. The van der Waals surface area contributed by atoms with E-state index in [9.17, 15) is 4.79 Å². The number of hydrogen-bond donors (Lipinski definition) is 1. The molecular weight excluding hydrogens is 278 g/mol. The Kier molecular flexibility index (Phi) is 5.49. The average Bonchev–Trinajstić information content (AvgIpc) is 2.55. The van der Waals surface area contributed by atoms with Crippen molar-refractivity contribution in [3.63, 3.8) is 0 Å². The Labute approximate surface area is 130 Å². The molecule has 1 heterocycles. The molecule has 2 aromatic rings. The van der Waals surface area contributed by atoms with Crippen LogP contribution >= 0.6 is 0 Å². The highest BCUT2D eigenvalue weighted by Crippen LogP contribution is 2.22. The van der Waals surface area contributed by atoms with Gasteiger partial charge in [-0.25, -0.2) is 0 Å². The van der Waals surface area contributed by atoms with E-state index in [-0.39, 0.29) is 11.9 Å². The monoisotopic (exact) mass is 299 g/mol. The summed E-state index contributed by atoms with van der Waals surface area (Å²) in [5.41, 5.74) is 1.51. The molecule has 0 radical (unpaired) electrons. The van der Waals surface area contributed by atoms with Crippen LogP contribution in [0, 0.1) is 0 Å². The van der Waals surface area contributed by atoms with Crippen molar-refractivity contribution in [3.8, 4) is 5.75 Å². The standard InChI is InChI=1S/C17H21N3O2/c1-20(2)16(13-7-6-8-14(11-13)22-3)12-19-17(21)15-9-4-5-10-18-15/h4-11,16H,12H2,1-3H3,(H,19,21). The van der Waals surface area contributed by atoms with E-state index in [4.69, 9.17) is 4.74 Å². The molecule has 0 aliphatic rings. The van der Waals surface area contributed by atoms with Gasteiger partial charge in [-0.05, 0) is 43.9 Å². The van der Waals surface area contributed by atoms with Crippen LogP contribution in [0.1, 0.15) is 22.1 Å². The van der Waals surface area contributed by atoms with Crippen molar-refractivity contribution in [2.45, 2.75) is 6.04 Å². The molecule has 1 atom stereocenters. The summed E-state index contributed by atoms with van der Waals surface area (Å²) in [6.07, 6.45) is 1.61. The molecule has 1 unspecified atom stereocenters. The summed E-state index contributed by atoms with van der Waals surface area (Å²) >= 11 is 0. The molecule has 5 heteroatoms. The number of ether oxygens (including phenoxy) is 1. The zero-order chi connectivity index (χ0) is 15.9. The van der Waals surface area contributed by atoms with Gasteiger partial charge in [0.05, 0.1) is 13.2 Å². The number of carbonyl (C=O) groups is 1. The summed E-state index contributed by atoms with van der Waals surface area (Å²) in [7, 11) is 5.61. The molecule has 22 heavy (non-hydrogen) atoms. The molecule has 116 valence electrons. The van der Waals surface area contributed by atoms with Gasteiger partial charge in [-0.2, -0.15) is 0 Å². The number of aromatic nitrogens is 1. The van der Waals surface area contributed by atoms with E-state index in [1.807, 2.05) is 38.4 Å². The fraction of sp³-hybridized carbons (Fsp3) is 0.294. The highest BCUT2D eigenvalue weighted by molar-refractivity contribution is 5.92. The SMILES string of the molecule is COc1cccc(C(CNC(=O)c2ccccn2)N(C)C)c1. The fourth-order valence-corrected chi connectivity index (χ4v) is 2.22. The third-order valence-electron chi connectivity index (χ3n) is 3.46. The number of methoxy groups -OCH3 is 1. The summed E-state index contributed by atoms with van der Waals surface area (Å²) in [5.74, 6) is 0.635. The zero-order valence-electron chi connectivity index (χ0n) is 13.1. The summed E-state index contributed by atoms with van der Waals surface area (Å²) in [4.78, 5) is 18.2. The predicted octanol–water partition coefficient (Wildman–Crippen LogP) is 2.12. The number of hydrogen-bond acceptors (Lipinski definition) is 4. The molecule has 0 saturated carbocycles. The second kappa shape index (κ2) is 7.56. The third kappa shape index (κ3) is 4.05. The Hall–Kier alpha value is -2.40. The van der Waals surface area contributed by atoms with E-state index < -0.39 is 0 Å². The van der Waals surface area contributed by atoms with E-state index in [0.29, 0.717) is 12.2 Å². The smallest absolute Gasteiger partial charge is 0.269 e. The molecule has 0 bridgehead atoms. The average molecular weight is 299 g/mol. The molecule has 1 N–H and O–H groups in total. The minimum atomic E-state index is -0.171. The first-order valence-corrected chi connectivity index (χ1v) is 7.11. The van der Waals surface area contributed by atoms with Gasteiger partial charge in [0, 0.05) is 12.7 Å². The predicted molar refractivity (Wildman–Crippen MR) is 86.0 cm³/mol. The summed E-state index contributed by atoms with van der Waals surface area (Å²) < 4.78 is 5.26. The molecular formula is C17H21N3O2. The topological polar surface area (TPSA) is 54.5 Å². The molecule has 1 aromatic heterocycles. The van der Waals surface area contributed by atoms with Gasteiger partial charge in [0.2, 0.25) is 0 Å². The van der Waals surface area contributed by atoms with Crippen molar-refractivity contribution in [2.75, 3.05) is 27.7 Å². The van der Waals surface area contributed by atoms with Gasteiger partial charge in [-0.1, -0.05) is 18.2 Å². The molecule has 5 nitrogen and oxygen atoms in total. The number of rotatable bonds is 6. The zero-order valence-corrected chi connectivity index (χ0v) is 13.1. The summed E-state index contributed by atoms with van der Waals surface area (Å²) in [6.45, 7) is 0.496. The van der Waals surface area contributed by atoms with E-state index >= 15 is 0 Å². The Bertz CT molecular complexity index is 614. The summed E-state index contributed by atoms with van der Waals surface area (Å²) in [6, 6.07) is 13.2. The van der Waals surface area contributed by atoms with Gasteiger partial charge in [-0.3, -0.25) is 9.78 Å². The van der Waals surface area contributed by atoms with Crippen LogP contribution in [0.25, 0.3) is 0 Å². The second-order valence-electron chi connectivity index (χ2n) is 5.18. The molecule has 1 amide bonds. The van der Waals surface area contributed by atoms with Gasteiger partial charge in [-0.15, -0.1) is 0 Å². The Balaban J connectivity index is 2.07. The number of benzene rings is 1. The third-order valence-corrected chi connectivity index (χ3v) is 3.46. The largest absolute Gasteiger partial charge is 0.497 e. The van der Waals surface area contributed by atoms with E-state index in [2.05, 4.69) is 15.2 Å². The van der Waals surface area contributed by atoms with Gasteiger partial charge >= 0.3 is 0 Å². The molecule has 0 aliphatic carbocycles. The van der Waals surface area contributed by atoms with Crippen LogP contribution in [0.15, 0.2) is 48.7 Å². The van der Waals surface area contributed by atoms with Crippen LogP contribution in [-0.2, 0) is 0 Å². The highest BCUT2D eigenvalue weighted by atomic mass is 16.5. The number of amides is 1. The fourth-order valence-electron chi connectivity index (χ4n) is 2.22. The molecule has 0 spiro atoms. The second-order valence-corrected chi connectivity index (χ2v) is 5.18. The van der Waals surface area contributed by atoms with Crippen molar-refractivity contribution in [3.05, 3.63) is 59.9 Å². The molecule has 0 aliphatic heterocycles. The quantitative estimate of drug-likeness (QED) is 0.888. The van der Waals surface area contributed by atoms with Crippen molar-refractivity contribution in [1.82, 2.24) is 15.2 Å². The van der Waals surface area contributed by atoms with Crippen LogP contribution in [0.5, 0.6) is 5.75 Å². The lowest BCUT2D eigenvalue weighted by molar-refractivity contribution is 0.0937. The Morgan fingerprint density at radius 3 is 2.73 bits per heavy atom. The van der Waals surface area contributed by atoms with Crippen LogP contribution in [0.3, 0.4) is 0 Å². The van der Waals surface area contributed by atoms with Crippen molar-refractivity contribution < 1.29 is 9.53 Å². The molecule has 1 aromatic carbocycles. The minimum absolute atomic E-state index is 0.0581.